The normalized spacial score (nSPS) is 18.7. The highest BCUT2D eigenvalue weighted by Crippen LogP contribution is 2.25. The van der Waals surface area contributed by atoms with Crippen LogP contribution < -0.4 is 5.32 Å². The van der Waals surface area contributed by atoms with Crippen LogP contribution in [0.4, 0.5) is 0 Å². The zero-order valence-electron chi connectivity index (χ0n) is 12.3. The average molecular weight is 256 g/mol. The molecule has 0 radical (unpaired) electrons. The van der Waals surface area contributed by atoms with E-state index in [9.17, 15) is 4.79 Å². The molecule has 1 fully saturated rings. The van der Waals surface area contributed by atoms with Crippen molar-refractivity contribution in [3.63, 3.8) is 0 Å². The zero-order chi connectivity index (χ0) is 13.6. The summed E-state index contributed by atoms with van der Waals surface area (Å²) in [6, 6.07) is 0.517. The third kappa shape index (κ3) is 4.94. The molecule has 0 aromatic carbocycles. The Bertz CT molecular complexity index is 267. The molecule has 0 bridgehead atoms. The highest BCUT2D eigenvalue weighted by atomic mass is 16.5. The fourth-order valence-electron chi connectivity index (χ4n) is 2.06. The summed E-state index contributed by atoms with van der Waals surface area (Å²) in [6.45, 7) is 8.52. The van der Waals surface area contributed by atoms with E-state index in [1.165, 1.54) is 12.8 Å². The van der Waals surface area contributed by atoms with E-state index in [1.54, 1.807) is 0 Å². The van der Waals surface area contributed by atoms with Crippen LogP contribution in [0.5, 0.6) is 0 Å². The van der Waals surface area contributed by atoms with Gasteiger partial charge in [-0.2, -0.15) is 0 Å². The number of hydrogen-bond acceptors (Lipinski definition) is 4. The Morgan fingerprint density at radius 3 is 2.61 bits per heavy atom. The molecule has 1 aliphatic carbocycles. The predicted octanol–water partition coefficient (Wildman–Crippen LogP) is 1.79. The van der Waals surface area contributed by atoms with Crippen LogP contribution in [-0.2, 0) is 9.53 Å². The lowest BCUT2D eigenvalue weighted by Gasteiger charge is -2.29. The van der Waals surface area contributed by atoms with Gasteiger partial charge in [-0.3, -0.25) is 10.1 Å². The quantitative estimate of drug-likeness (QED) is 0.639. The molecule has 0 saturated heterocycles. The Hall–Kier alpha value is -0.610. The fraction of sp³-hybridized carbons (Fsp3) is 0.929. The second kappa shape index (κ2) is 7.10. The van der Waals surface area contributed by atoms with Crippen LogP contribution in [-0.4, -0.2) is 49.2 Å². The molecule has 18 heavy (non-hydrogen) atoms. The molecule has 0 amide bonds. The Morgan fingerprint density at radius 2 is 2.11 bits per heavy atom. The van der Waals surface area contributed by atoms with E-state index in [0.717, 1.165) is 25.9 Å². The first-order chi connectivity index (χ1) is 8.51. The first kappa shape index (κ1) is 15.4. The number of ether oxygens (including phenoxy) is 1. The van der Waals surface area contributed by atoms with Gasteiger partial charge in [-0.15, -0.1) is 0 Å². The summed E-state index contributed by atoms with van der Waals surface area (Å²) >= 11 is 0. The maximum absolute atomic E-state index is 12.1. The molecule has 1 rings (SSSR count). The molecule has 0 spiro atoms. The summed E-state index contributed by atoms with van der Waals surface area (Å²) in [5, 5.41) is 3.45. The number of nitrogens with one attached hydrogen (secondary N) is 1. The molecular weight excluding hydrogens is 228 g/mol. The summed E-state index contributed by atoms with van der Waals surface area (Å²) in [5.74, 6) is -0.101. The van der Waals surface area contributed by atoms with Gasteiger partial charge in [0.15, 0.2) is 0 Å². The van der Waals surface area contributed by atoms with Gasteiger partial charge in [0.2, 0.25) is 0 Å². The number of esters is 1. The van der Waals surface area contributed by atoms with Crippen molar-refractivity contribution in [1.82, 2.24) is 10.2 Å². The minimum atomic E-state index is -0.508. The first-order valence-corrected chi connectivity index (χ1v) is 7.15. The summed E-state index contributed by atoms with van der Waals surface area (Å²) in [6.07, 6.45) is 4.22. The molecule has 1 unspecified atom stereocenters. The number of carbonyl (C=O) groups is 1. The lowest BCUT2D eigenvalue weighted by Crippen LogP contribution is -2.51. The first-order valence-electron chi connectivity index (χ1n) is 7.15. The molecule has 0 heterocycles. The van der Waals surface area contributed by atoms with Crippen molar-refractivity contribution in [2.75, 3.05) is 26.7 Å². The molecule has 4 nitrogen and oxygen atoms in total. The van der Waals surface area contributed by atoms with Gasteiger partial charge in [-0.25, -0.2) is 0 Å². The largest absolute Gasteiger partial charge is 0.465 e. The monoisotopic (exact) mass is 256 g/mol. The van der Waals surface area contributed by atoms with E-state index in [1.807, 2.05) is 13.8 Å². The molecule has 0 aromatic rings. The summed E-state index contributed by atoms with van der Waals surface area (Å²) < 4.78 is 5.20. The predicted molar refractivity (Wildman–Crippen MR) is 73.6 cm³/mol. The van der Waals surface area contributed by atoms with Crippen LogP contribution in [0.15, 0.2) is 0 Å². The van der Waals surface area contributed by atoms with E-state index in [0.29, 0.717) is 12.6 Å². The van der Waals surface area contributed by atoms with E-state index in [4.69, 9.17) is 4.74 Å². The Labute approximate surface area is 111 Å². The van der Waals surface area contributed by atoms with Gasteiger partial charge in [0.25, 0.3) is 0 Å². The van der Waals surface area contributed by atoms with Crippen molar-refractivity contribution >= 4 is 5.97 Å². The molecular formula is C14H28N2O2. The van der Waals surface area contributed by atoms with E-state index in [-0.39, 0.29) is 5.97 Å². The van der Waals surface area contributed by atoms with Gasteiger partial charge < -0.3 is 9.64 Å². The lowest BCUT2D eigenvalue weighted by molar-refractivity contribution is -0.151. The van der Waals surface area contributed by atoms with Gasteiger partial charge in [0.05, 0.1) is 6.61 Å². The fourth-order valence-corrected chi connectivity index (χ4v) is 2.06. The van der Waals surface area contributed by atoms with Gasteiger partial charge in [-0.1, -0.05) is 6.92 Å². The van der Waals surface area contributed by atoms with Crippen molar-refractivity contribution < 1.29 is 9.53 Å². The smallest absolute Gasteiger partial charge is 0.326 e. The van der Waals surface area contributed by atoms with Gasteiger partial charge >= 0.3 is 5.97 Å². The SMILES string of the molecule is CCOC(=O)C(C)(CCCN(C)CC)NC1CC1. The van der Waals surface area contributed by atoms with Gasteiger partial charge in [0.1, 0.15) is 5.54 Å². The van der Waals surface area contributed by atoms with Crippen molar-refractivity contribution in [1.29, 1.82) is 0 Å². The third-order valence-electron chi connectivity index (χ3n) is 3.58. The Balaban J connectivity index is 2.45. The summed E-state index contributed by atoms with van der Waals surface area (Å²) in [5.41, 5.74) is -0.508. The second-order valence-electron chi connectivity index (χ2n) is 5.47. The second-order valence-corrected chi connectivity index (χ2v) is 5.47. The van der Waals surface area contributed by atoms with E-state index in [2.05, 4.69) is 24.2 Å². The zero-order valence-corrected chi connectivity index (χ0v) is 12.3. The number of hydrogen-bond donors (Lipinski definition) is 1. The maximum Gasteiger partial charge on any atom is 0.326 e. The third-order valence-corrected chi connectivity index (χ3v) is 3.58. The molecule has 0 aliphatic heterocycles. The molecule has 1 aliphatic rings. The van der Waals surface area contributed by atoms with Crippen LogP contribution in [0.25, 0.3) is 0 Å². The molecule has 1 saturated carbocycles. The van der Waals surface area contributed by atoms with Crippen LogP contribution in [0.1, 0.15) is 46.5 Å². The van der Waals surface area contributed by atoms with Crippen LogP contribution in [0, 0.1) is 0 Å². The Kier molecular flexibility index (Phi) is 6.09. The van der Waals surface area contributed by atoms with Gasteiger partial charge in [-0.05, 0) is 59.7 Å². The topological polar surface area (TPSA) is 41.6 Å². The van der Waals surface area contributed by atoms with Crippen molar-refractivity contribution in [2.45, 2.75) is 58.0 Å². The van der Waals surface area contributed by atoms with Crippen molar-refractivity contribution in [3.8, 4) is 0 Å². The van der Waals surface area contributed by atoms with Crippen molar-refractivity contribution in [3.05, 3.63) is 0 Å². The average Bonchev–Trinajstić information content (AvgIpc) is 3.12. The van der Waals surface area contributed by atoms with E-state index < -0.39 is 5.54 Å². The molecule has 0 aromatic heterocycles. The number of rotatable bonds is 9. The maximum atomic E-state index is 12.1. The molecule has 106 valence electrons. The van der Waals surface area contributed by atoms with Gasteiger partial charge in [0, 0.05) is 6.04 Å². The lowest BCUT2D eigenvalue weighted by atomic mass is 9.95. The highest BCUT2D eigenvalue weighted by molar-refractivity contribution is 5.80. The van der Waals surface area contributed by atoms with Crippen molar-refractivity contribution in [2.24, 2.45) is 0 Å². The Morgan fingerprint density at radius 1 is 1.44 bits per heavy atom. The summed E-state index contributed by atoms with van der Waals surface area (Å²) in [4.78, 5) is 14.3. The number of nitrogens with zero attached hydrogens (tertiary/aromatic N) is 1. The molecule has 1 atom stereocenters. The molecule has 1 N–H and O–H groups in total. The summed E-state index contributed by atoms with van der Waals surface area (Å²) in [7, 11) is 2.11. The van der Waals surface area contributed by atoms with Crippen LogP contribution in [0.2, 0.25) is 0 Å². The minimum absolute atomic E-state index is 0.101. The molecule has 4 heteroatoms. The standard InChI is InChI=1S/C14H28N2O2/c1-5-16(4)11-7-10-14(3,13(17)18-6-2)15-12-8-9-12/h12,15H,5-11H2,1-4H3. The van der Waals surface area contributed by atoms with E-state index >= 15 is 0 Å². The van der Waals surface area contributed by atoms with Crippen LogP contribution in [0.3, 0.4) is 0 Å². The minimum Gasteiger partial charge on any atom is -0.465 e. The number of carbonyl (C=O) groups excluding carboxylic acids is 1. The highest BCUT2D eigenvalue weighted by Gasteiger charge is 2.39. The van der Waals surface area contributed by atoms with Crippen LogP contribution >= 0.6 is 0 Å².